The van der Waals surface area contributed by atoms with Gasteiger partial charge in [-0.3, -0.25) is 14.4 Å². The molecule has 0 heterocycles. The monoisotopic (exact) mass is 707 g/mol. The number of hydrazine groups is 1. The van der Waals surface area contributed by atoms with E-state index in [1.54, 1.807) is 27.9 Å². The van der Waals surface area contributed by atoms with Crippen molar-refractivity contribution in [1.82, 2.24) is 25.0 Å². The first-order chi connectivity index (χ1) is 22.5. The minimum absolute atomic E-state index is 0.0708. The molecule has 0 saturated heterocycles. The van der Waals surface area contributed by atoms with Crippen molar-refractivity contribution < 1.29 is 36.7 Å². The number of rotatable bonds is 19. The quantitative estimate of drug-likeness (QED) is 0.174. The Hall–Kier alpha value is -1.90. The summed E-state index contributed by atoms with van der Waals surface area (Å²) < 4.78 is 54.3. The smallest absolute Gasteiger partial charge is 0.226 e. The average Bonchev–Trinajstić information content (AvgIpc) is 3.01. The summed E-state index contributed by atoms with van der Waals surface area (Å²) in [6, 6.07) is -0.941. The van der Waals surface area contributed by atoms with Crippen LogP contribution in [0.25, 0.3) is 0 Å². The molecule has 2 aliphatic carbocycles. The zero-order valence-corrected chi connectivity index (χ0v) is 31.1. The predicted molar refractivity (Wildman–Crippen MR) is 184 cm³/mol. The molecule has 0 aromatic rings. The number of nitrogens with one attached hydrogen (secondary N) is 2. The molecule has 3 N–H and O–H groups in total. The third kappa shape index (κ3) is 13.1. The van der Waals surface area contributed by atoms with E-state index in [2.05, 4.69) is 10.1 Å². The number of carbonyl (C=O) groups excluding carboxylic acids is 3. The lowest BCUT2D eigenvalue weighted by atomic mass is 9.73. The Balaban J connectivity index is 2.38. The number of carbonyl (C=O) groups is 3. The van der Waals surface area contributed by atoms with Gasteiger partial charge in [0.15, 0.2) is 0 Å². The maximum absolute atomic E-state index is 14.4. The second kappa shape index (κ2) is 20.1. The zero-order valence-electron chi connectivity index (χ0n) is 30.3. The summed E-state index contributed by atoms with van der Waals surface area (Å²) >= 11 is 0. The van der Waals surface area contributed by atoms with E-state index < -0.39 is 69.3 Å². The molecule has 7 unspecified atom stereocenters. The molecule has 11 nitrogen and oxygen atoms in total. The Labute approximate surface area is 287 Å². The van der Waals surface area contributed by atoms with E-state index in [-0.39, 0.29) is 56.9 Å². The molecule has 0 aromatic heterocycles. The highest BCUT2D eigenvalue weighted by Gasteiger charge is 2.42. The second-order valence-electron chi connectivity index (χ2n) is 14.5. The predicted octanol–water partition coefficient (Wildman–Crippen LogP) is 3.81. The van der Waals surface area contributed by atoms with Gasteiger partial charge in [0.1, 0.15) is 12.3 Å². The lowest BCUT2D eigenvalue weighted by Crippen LogP contribution is -2.55. The van der Waals surface area contributed by atoms with Crippen LogP contribution in [0.3, 0.4) is 0 Å². The number of halogens is 2. The third-order valence-corrected chi connectivity index (χ3v) is 11.4. The summed E-state index contributed by atoms with van der Waals surface area (Å²) in [7, 11) is -0.432. The maximum atomic E-state index is 14.4. The standard InChI is InChI=1S/C34H63F2N5O6S/c1-8-11-14-41(38-48(46,47)23(4)5)22-31(42)30(17-24-15-28(35)21-29(36)16-24)37-32(43)25-18-26(33(44)39(6)7)20-27(19-25)34(45)40(12-9-2)13-10-3/h23-31,38,42H,8-22H2,1-7H3,(H,37,43). The van der Waals surface area contributed by atoms with Gasteiger partial charge in [0.05, 0.1) is 17.4 Å². The number of hydrogen-bond donors (Lipinski definition) is 3. The van der Waals surface area contributed by atoms with Gasteiger partial charge in [-0.1, -0.05) is 27.2 Å². The van der Waals surface area contributed by atoms with Crippen LogP contribution < -0.4 is 10.1 Å². The molecule has 0 aromatic carbocycles. The first kappa shape index (κ1) is 42.3. The van der Waals surface area contributed by atoms with E-state index in [0.717, 1.165) is 19.3 Å². The van der Waals surface area contributed by atoms with E-state index in [0.29, 0.717) is 32.5 Å². The number of aliphatic hydroxyl groups is 1. The van der Waals surface area contributed by atoms with Crippen molar-refractivity contribution in [3.8, 4) is 0 Å². The third-order valence-electron chi connectivity index (χ3n) is 9.65. The molecule has 0 spiro atoms. The number of amides is 3. The van der Waals surface area contributed by atoms with Gasteiger partial charge in [-0.25, -0.2) is 22.2 Å². The number of aliphatic hydroxyl groups excluding tert-OH is 1. The van der Waals surface area contributed by atoms with Gasteiger partial charge in [-0.05, 0) is 77.6 Å². The minimum atomic E-state index is -3.73. The minimum Gasteiger partial charge on any atom is -0.390 e. The number of nitrogens with zero attached hydrogens (tertiary/aromatic N) is 3. The van der Waals surface area contributed by atoms with E-state index in [1.165, 1.54) is 9.91 Å². The van der Waals surface area contributed by atoms with Crippen molar-refractivity contribution in [2.24, 2.45) is 23.7 Å². The fourth-order valence-corrected chi connectivity index (χ4v) is 7.78. The highest BCUT2D eigenvalue weighted by Crippen LogP contribution is 2.37. The largest absolute Gasteiger partial charge is 0.390 e. The average molecular weight is 708 g/mol. The van der Waals surface area contributed by atoms with Crippen LogP contribution in [-0.4, -0.2) is 116 Å². The molecule has 2 rings (SSSR count). The molecule has 3 amide bonds. The van der Waals surface area contributed by atoms with Crippen LogP contribution in [0.5, 0.6) is 0 Å². The first-order valence-corrected chi connectivity index (χ1v) is 19.6. The summed E-state index contributed by atoms with van der Waals surface area (Å²) in [6.07, 6.45) is -0.00743. The van der Waals surface area contributed by atoms with Crippen LogP contribution in [-0.2, 0) is 24.4 Å². The Morgan fingerprint density at radius 3 is 1.85 bits per heavy atom. The summed E-state index contributed by atoms with van der Waals surface area (Å²) in [5.74, 6) is -2.88. The zero-order chi connectivity index (χ0) is 36.2. The van der Waals surface area contributed by atoms with Crippen molar-refractivity contribution >= 4 is 27.7 Å². The van der Waals surface area contributed by atoms with Gasteiger partial charge in [0.2, 0.25) is 27.7 Å². The summed E-state index contributed by atoms with van der Waals surface area (Å²) in [5.41, 5.74) is 0. The van der Waals surface area contributed by atoms with Crippen LogP contribution in [0.1, 0.15) is 105 Å². The van der Waals surface area contributed by atoms with Crippen molar-refractivity contribution in [3.05, 3.63) is 0 Å². The van der Waals surface area contributed by atoms with Crippen molar-refractivity contribution in [2.45, 2.75) is 135 Å². The highest BCUT2D eigenvalue weighted by molar-refractivity contribution is 7.90. The van der Waals surface area contributed by atoms with E-state index in [1.807, 2.05) is 25.7 Å². The molecule has 7 atom stereocenters. The van der Waals surface area contributed by atoms with Gasteiger partial charge in [0, 0.05) is 64.4 Å². The van der Waals surface area contributed by atoms with Gasteiger partial charge in [-0.2, -0.15) is 0 Å². The van der Waals surface area contributed by atoms with Crippen LogP contribution in [0, 0.1) is 23.7 Å². The molecule has 14 heteroatoms. The van der Waals surface area contributed by atoms with Crippen LogP contribution in [0.2, 0.25) is 0 Å². The Kier molecular flexibility index (Phi) is 17.7. The fraction of sp³-hybridized carbons (Fsp3) is 0.912. The normalized spacial score (nSPS) is 26.2. The molecule has 2 aliphatic rings. The summed E-state index contributed by atoms with van der Waals surface area (Å²) in [6.45, 7) is 10.4. The topological polar surface area (TPSA) is 139 Å². The van der Waals surface area contributed by atoms with Crippen molar-refractivity contribution in [1.29, 1.82) is 0 Å². The van der Waals surface area contributed by atoms with Gasteiger partial charge in [-0.15, -0.1) is 4.83 Å². The van der Waals surface area contributed by atoms with Gasteiger partial charge in [0.25, 0.3) is 0 Å². The lowest BCUT2D eigenvalue weighted by Gasteiger charge is -2.38. The number of alkyl halides is 2. The summed E-state index contributed by atoms with van der Waals surface area (Å²) in [4.78, 5) is 46.8. The van der Waals surface area contributed by atoms with Gasteiger partial charge < -0.3 is 20.2 Å². The summed E-state index contributed by atoms with van der Waals surface area (Å²) in [5, 5.41) is 15.2. The first-order valence-electron chi connectivity index (χ1n) is 18.0. The molecular weight excluding hydrogens is 644 g/mol. The van der Waals surface area contributed by atoms with E-state index >= 15 is 0 Å². The molecule has 2 fully saturated rings. The molecular formula is C34H63F2N5O6S. The number of unbranched alkanes of at least 4 members (excludes halogenated alkanes) is 1. The Morgan fingerprint density at radius 1 is 0.812 bits per heavy atom. The SMILES string of the molecule is CCCCN(CC(O)C(CC1CC(F)CC(F)C1)NC(=O)C1CC(C(=O)N(C)C)CC(C(=O)N(CCC)CCC)C1)NS(=O)(=O)C(C)C. The molecule has 48 heavy (non-hydrogen) atoms. The second-order valence-corrected chi connectivity index (χ2v) is 16.7. The Morgan fingerprint density at radius 2 is 1.35 bits per heavy atom. The lowest BCUT2D eigenvalue weighted by molar-refractivity contribution is -0.143. The van der Waals surface area contributed by atoms with Gasteiger partial charge >= 0.3 is 0 Å². The maximum Gasteiger partial charge on any atom is 0.226 e. The van der Waals surface area contributed by atoms with Crippen LogP contribution >= 0.6 is 0 Å². The van der Waals surface area contributed by atoms with Crippen LogP contribution in [0.4, 0.5) is 8.78 Å². The molecule has 0 aliphatic heterocycles. The van der Waals surface area contributed by atoms with Crippen LogP contribution in [0.15, 0.2) is 0 Å². The van der Waals surface area contributed by atoms with E-state index in [9.17, 15) is 36.7 Å². The molecule has 280 valence electrons. The van der Waals surface area contributed by atoms with Crippen molar-refractivity contribution in [3.63, 3.8) is 0 Å². The highest BCUT2D eigenvalue weighted by atomic mass is 32.2. The molecule has 2 saturated carbocycles. The van der Waals surface area contributed by atoms with Crippen molar-refractivity contribution in [2.75, 3.05) is 40.3 Å². The number of sulfonamides is 1. The molecule has 0 radical (unpaired) electrons. The number of hydrogen-bond acceptors (Lipinski definition) is 7. The fourth-order valence-electron chi connectivity index (χ4n) is 7.05. The Bertz CT molecular complexity index is 1110. The molecule has 0 bridgehead atoms. The van der Waals surface area contributed by atoms with E-state index in [4.69, 9.17) is 0 Å².